The molecule has 22 heavy (non-hydrogen) atoms. The number of nitrogens with zero attached hydrogens (tertiary/aromatic N) is 1. The second-order valence-electron chi connectivity index (χ2n) is 5.11. The minimum atomic E-state index is -0.587. The molecule has 0 aromatic heterocycles. The first-order valence-electron chi connectivity index (χ1n) is 7.22. The lowest BCUT2D eigenvalue weighted by Crippen LogP contribution is -2.52. The lowest BCUT2D eigenvalue weighted by Gasteiger charge is -2.36. The highest BCUT2D eigenvalue weighted by Gasteiger charge is 2.34. The molecule has 1 fully saturated rings. The number of nitrogens with one attached hydrogen (secondary N) is 1. The van der Waals surface area contributed by atoms with Crippen molar-refractivity contribution in [3.05, 3.63) is 71.8 Å². The van der Waals surface area contributed by atoms with Crippen molar-refractivity contribution in [1.29, 1.82) is 0 Å². The molecule has 1 saturated heterocycles. The molecule has 5 heteroatoms. The molecule has 1 amide bonds. The predicted octanol–water partition coefficient (Wildman–Crippen LogP) is 2.57. The highest BCUT2D eigenvalue weighted by Crippen LogP contribution is 2.24. The van der Waals surface area contributed by atoms with Gasteiger partial charge in [-0.15, -0.1) is 0 Å². The number of amides is 1. The van der Waals surface area contributed by atoms with Gasteiger partial charge in [-0.05, 0) is 23.3 Å². The average molecular weight is 298 g/mol. The summed E-state index contributed by atoms with van der Waals surface area (Å²) in [5.41, 5.74) is 1.93. The molecule has 114 valence electrons. The lowest BCUT2D eigenvalue weighted by molar-refractivity contribution is -0.418. The van der Waals surface area contributed by atoms with Gasteiger partial charge in [0.2, 0.25) is 0 Å². The first-order valence-corrected chi connectivity index (χ1v) is 7.22. The van der Waals surface area contributed by atoms with Crippen LogP contribution in [-0.2, 0) is 21.1 Å². The largest absolute Gasteiger partial charge is 0.330 e. The Balaban J connectivity index is 1.74. The highest BCUT2D eigenvalue weighted by atomic mass is 17.0. The molecule has 0 saturated carbocycles. The first-order chi connectivity index (χ1) is 10.7. The summed E-state index contributed by atoms with van der Waals surface area (Å²) in [5, 5.41) is 4.28. The van der Waals surface area contributed by atoms with E-state index in [0.717, 1.165) is 11.1 Å². The van der Waals surface area contributed by atoms with Gasteiger partial charge in [-0.1, -0.05) is 60.7 Å². The van der Waals surface area contributed by atoms with Crippen molar-refractivity contribution < 1.29 is 14.5 Å². The minimum Gasteiger partial charge on any atom is -0.330 e. The van der Waals surface area contributed by atoms with Gasteiger partial charge in [0.15, 0.2) is 12.3 Å². The molecule has 3 rings (SSSR count). The van der Waals surface area contributed by atoms with E-state index in [2.05, 4.69) is 5.32 Å². The SMILES string of the molecule is CC1ON(OCc2ccccc2)C(c2ccccc2)NC1=O. The van der Waals surface area contributed by atoms with Crippen LogP contribution in [0.1, 0.15) is 24.2 Å². The fourth-order valence-electron chi connectivity index (χ4n) is 2.23. The minimum absolute atomic E-state index is 0.159. The second kappa shape index (κ2) is 6.70. The Morgan fingerprint density at radius 2 is 1.73 bits per heavy atom. The van der Waals surface area contributed by atoms with Gasteiger partial charge in [0.1, 0.15) is 0 Å². The zero-order chi connectivity index (χ0) is 15.4. The molecule has 0 radical (unpaired) electrons. The molecule has 5 nitrogen and oxygen atoms in total. The number of carbonyl (C=O) groups excluding carboxylic acids is 1. The van der Waals surface area contributed by atoms with Gasteiger partial charge in [0.25, 0.3) is 5.91 Å². The molecular formula is C17H18N2O3. The van der Waals surface area contributed by atoms with Crippen molar-refractivity contribution in [3.63, 3.8) is 0 Å². The molecule has 2 atom stereocenters. The standard InChI is InChI=1S/C17H18N2O3/c1-13-17(20)18-16(15-10-6-3-7-11-15)19(22-13)21-12-14-8-4-2-5-9-14/h2-11,13,16H,12H2,1H3,(H,18,20). The van der Waals surface area contributed by atoms with Crippen LogP contribution in [0.5, 0.6) is 0 Å². The Morgan fingerprint density at radius 1 is 1.09 bits per heavy atom. The highest BCUT2D eigenvalue weighted by molar-refractivity contribution is 5.81. The van der Waals surface area contributed by atoms with Gasteiger partial charge >= 0.3 is 0 Å². The Kier molecular flexibility index (Phi) is 4.48. The van der Waals surface area contributed by atoms with Crippen LogP contribution in [0.2, 0.25) is 0 Å². The Hall–Kier alpha value is -2.21. The third kappa shape index (κ3) is 3.33. The maximum absolute atomic E-state index is 11.9. The molecule has 1 heterocycles. The third-order valence-electron chi connectivity index (χ3n) is 3.44. The van der Waals surface area contributed by atoms with Crippen molar-refractivity contribution in [2.75, 3.05) is 0 Å². The predicted molar refractivity (Wildman–Crippen MR) is 80.9 cm³/mol. The molecule has 2 aromatic rings. The summed E-state index contributed by atoms with van der Waals surface area (Å²) < 4.78 is 0. The molecule has 1 N–H and O–H groups in total. The van der Waals surface area contributed by atoms with Crippen molar-refractivity contribution in [3.8, 4) is 0 Å². The maximum atomic E-state index is 11.9. The number of hydrogen-bond donors (Lipinski definition) is 1. The zero-order valence-electron chi connectivity index (χ0n) is 12.3. The molecule has 0 aliphatic carbocycles. The molecule has 0 bridgehead atoms. The van der Waals surface area contributed by atoms with E-state index in [4.69, 9.17) is 9.68 Å². The Morgan fingerprint density at radius 3 is 2.41 bits per heavy atom. The molecule has 2 aromatic carbocycles. The van der Waals surface area contributed by atoms with Gasteiger partial charge in [-0.25, -0.2) is 0 Å². The monoisotopic (exact) mass is 298 g/mol. The molecule has 1 aliphatic heterocycles. The van der Waals surface area contributed by atoms with Gasteiger partial charge < -0.3 is 5.32 Å². The summed E-state index contributed by atoms with van der Waals surface area (Å²) in [6.45, 7) is 2.06. The number of hydrogen-bond acceptors (Lipinski definition) is 4. The normalized spacial score (nSPS) is 22.3. The van der Waals surface area contributed by atoms with Crippen molar-refractivity contribution in [1.82, 2.24) is 10.5 Å². The second-order valence-corrected chi connectivity index (χ2v) is 5.11. The van der Waals surface area contributed by atoms with Crippen LogP contribution in [0.4, 0.5) is 0 Å². The maximum Gasteiger partial charge on any atom is 0.252 e. The Labute approximate surface area is 129 Å². The van der Waals surface area contributed by atoms with Gasteiger partial charge in [0, 0.05) is 0 Å². The van der Waals surface area contributed by atoms with E-state index < -0.39 is 12.3 Å². The average Bonchev–Trinajstić information content (AvgIpc) is 2.57. The van der Waals surface area contributed by atoms with E-state index in [1.54, 1.807) is 6.92 Å². The number of rotatable bonds is 4. The summed E-state index contributed by atoms with van der Waals surface area (Å²) in [7, 11) is 0. The van der Waals surface area contributed by atoms with E-state index in [1.807, 2.05) is 60.7 Å². The van der Waals surface area contributed by atoms with Crippen molar-refractivity contribution in [2.45, 2.75) is 25.8 Å². The van der Waals surface area contributed by atoms with E-state index >= 15 is 0 Å². The van der Waals surface area contributed by atoms with Crippen LogP contribution < -0.4 is 5.32 Å². The van der Waals surface area contributed by atoms with Crippen LogP contribution in [0.25, 0.3) is 0 Å². The van der Waals surface area contributed by atoms with Crippen molar-refractivity contribution in [2.24, 2.45) is 0 Å². The number of carbonyl (C=O) groups is 1. The van der Waals surface area contributed by atoms with Crippen LogP contribution in [0, 0.1) is 0 Å². The Bertz CT molecular complexity index is 618. The van der Waals surface area contributed by atoms with Gasteiger partial charge in [-0.2, -0.15) is 0 Å². The summed E-state index contributed by atoms with van der Waals surface area (Å²) in [5.74, 6) is -0.159. The van der Waals surface area contributed by atoms with Gasteiger partial charge in [0.05, 0.1) is 6.61 Å². The summed E-state index contributed by atoms with van der Waals surface area (Å²) in [6, 6.07) is 19.4. The fraction of sp³-hybridized carbons (Fsp3) is 0.235. The molecular weight excluding hydrogens is 280 g/mol. The molecule has 0 spiro atoms. The lowest BCUT2D eigenvalue weighted by atomic mass is 10.1. The van der Waals surface area contributed by atoms with E-state index in [-0.39, 0.29) is 5.91 Å². The number of hydroxylamine groups is 2. The quantitative estimate of drug-likeness (QED) is 0.942. The fourth-order valence-corrected chi connectivity index (χ4v) is 2.23. The molecule has 1 aliphatic rings. The van der Waals surface area contributed by atoms with E-state index in [0.29, 0.717) is 6.61 Å². The first kappa shape index (κ1) is 14.7. The number of benzene rings is 2. The van der Waals surface area contributed by atoms with E-state index in [9.17, 15) is 4.79 Å². The third-order valence-corrected chi connectivity index (χ3v) is 3.44. The summed E-state index contributed by atoms with van der Waals surface area (Å²) in [4.78, 5) is 23.2. The summed E-state index contributed by atoms with van der Waals surface area (Å²) >= 11 is 0. The smallest absolute Gasteiger partial charge is 0.252 e. The van der Waals surface area contributed by atoms with Crippen LogP contribution in [-0.4, -0.2) is 17.2 Å². The van der Waals surface area contributed by atoms with E-state index in [1.165, 1.54) is 5.23 Å². The van der Waals surface area contributed by atoms with Crippen LogP contribution in [0.3, 0.4) is 0 Å². The zero-order valence-corrected chi connectivity index (χ0v) is 12.3. The van der Waals surface area contributed by atoms with Gasteiger partial charge in [-0.3, -0.25) is 14.5 Å². The van der Waals surface area contributed by atoms with Crippen LogP contribution >= 0.6 is 0 Å². The molecule has 2 unspecified atom stereocenters. The van der Waals surface area contributed by atoms with Crippen LogP contribution in [0.15, 0.2) is 60.7 Å². The van der Waals surface area contributed by atoms with Crippen molar-refractivity contribution >= 4 is 5.91 Å². The summed E-state index contributed by atoms with van der Waals surface area (Å²) in [6.07, 6.45) is -1.05. The topological polar surface area (TPSA) is 50.8 Å².